The van der Waals surface area contributed by atoms with E-state index in [1.54, 1.807) is 42.5 Å². The van der Waals surface area contributed by atoms with Crippen molar-refractivity contribution in [2.45, 2.75) is 37.6 Å². The van der Waals surface area contributed by atoms with Crippen LogP contribution in [0.3, 0.4) is 0 Å². The molecule has 8 nitrogen and oxygen atoms in total. The normalized spacial score (nSPS) is 24.9. The highest BCUT2D eigenvalue weighted by Gasteiger charge is 2.45. The zero-order valence-corrected chi connectivity index (χ0v) is 17.9. The van der Waals surface area contributed by atoms with E-state index in [1.165, 1.54) is 0 Å². The molecule has 33 heavy (non-hydrogen) atoms. The summed E-state index contributed by atoms with van der Waals surface area (Å²) in [5.74, 6) is 0. The van der Waals surface area contributed by atoms with Crippen molar-refractivity contribution >= 4 is 0 Å². The van der Waals surface area contributed by atoms with Gasteiger partial charge in [-0.15, -0.1) is 0 Å². The monoisotopic (exact) mass is 448 g/mol. The molecule has 2 heterocycles. The average Bonchev–Trinajstić information content (AvgIpc) is 2.84. The van der Waals surface area contributed by atoms with E-state index in [4.69, 9.17) is 4.74 Å². The third-order valence-electron chi connectivity index (χ3n) is 5.91. The topological polar surface area (TPSA) is 136 Å². The van der Waals surface area contributed by atoms with Gasteiger partial charge in [0.2, 0.25) is 0 Å². The van der Waals surface area contributed by atoms with Crippen molar-refractivity contribution < 1.29 is 25.2 Å². The summed E-state index contributed by atoms with van der Waals surface area (Å²) in [4.78, 5) is 13.6. The molecule has 5 atom stereocenters. The largest absolute Gasteiger partial charge is 0.394 e. The lowest BCUT2D eigenvalue weighted by Crippen LogP contribution is -2.57. The molecule has 1 saturated heterocycles. The predicted molar refractivity (Wildman–Crippen MR) is 120 cm³/mol. The molecule has 8 heteroatoms. The summed E-state index contributed by atoms with van der Waals surface area (Å²) in [7, 11) is 0. The van der Waals surface area contributed by atoms with E-state index in [-0.39, 0.29) is 5.56 Å². The summed E-state index contributed by atoms with van der Waals surface area (Å²) >= 11 is 0. The molecule has 0 aliphatic carbocycles. The Morgan fingerprint density at radius 3 is 2.24 bits per heavy atom. The van der Waals surface area contributed by atoms with E-state index in [1.807, 2.05) is 31.2 Å². The number of aryl methyl sites for hydroxylation is 1. The summed E-state index contributed by atoms with van der Waals surface area (Å²) in [5.41, 5.74) is 2.17. The van der Waals surface area contributed by atoms with Crippen LogP contribution in [0, 0.1) is 18.3 Å². The van der Waals surface area contributed by atoms with E-state index in [0.29, 0.717) is 22.4 Å². The molecule has 0 bridgehead atoms. The molecule has 0 spiro atoms. The fraction of sp³-hybridized carbons (Fsp3) is 0.280. The zero-order chi connectivity index (χ0) is 23.7. The van der Waals surface area contributed by atoms with Crippen LogP contribution in [0.25, 0.3) is 22.4 Å². The van der Waals surface area contributed by atoms with Crippen LogP contribution in [0.5, 0.6) is 0 Å². The number of benzene rings is 2. The number of aliphatic hydroxyl groups is 4. The lowest BCUT2D eigenvalue weighted by Gasteiger charge is -2.41. The summed E-state index contributed by atoms with van der Waals surface area (Å²) in [6.07, 6.45) is -7.57. The molecule has 4 N–H and O–H groups in total. The molecule has 3 aromatic rings. The van der Waals surface area contributed by atoms with Gasteiger partial charge in [-0.2, -0.15) is 5.26 Å². The lowest BCUT2D eigenvalue weighted by atomic mass is 9.95. The van der Waals surface area contributed by atoms with E-state index >= 15 is 0 Å². The molecule has 2 aromatic carbocycles. The molecule has 5 unspecified atom stereocenters. The molecule has 0 radical (unpaired) electrons. The van der Waals surface area contributed by atoms with Crippen LogP contribution in [0.1, 0.15) is 17.4 Å². The SMILES string of the molecule is Cc1ccc(-c2cc(-c3ccccc3)c(C#N)c(=O)n2C2OC(CO)C(O)C(O)C2O)cc1. The number of pyridine rings is 1. The Labute approximate surface area is 190 Å². The highest BCUT2D eigenvalue weighted by molar-refractivity contribution is 5.75. The first-order valence-corrected chi connectivity index (χ1v) is 10.5. The Hall–Kier alpha value is -3.32. The van der Waals surface area contributed by atoms with Crippen LogP contribution < -0.4 is 5.56 Å². The Balaban J connectivity index is 2.01. The van der Waals surface area contributed by atoms with Crippen molar-refractivity contribution in [1.82, 2.24) is 4.57 Å². The molecular formula is C25H24N2O6. The molecule has 1 aromatic heterocycles. The van der Waals surface area contributed by atoms with Crippen molar-refractivity contribution in [3.05, 3.63) is 82.1 Å². The number of aliphatic hydroxyl groups excluding tert-OH is 4. The maximum atomic E-state index is 13.6. The Kier molecular flexibility index (Phi) is 6.42. The molecule has 0 amide bonds. The van der Waals surface area contributed by atoms with Gasteiger partial charge in [-0.3, -0.25) is 9.36 Å². The second-order valence-corrected chi connectivity index (χ2v) is 8.06. The first-order valence-electron chi connectivity index (χ1n) is 10.5. The zero-order valence-electron chi connectivity index (χ0n) is 17.9. The molecular weight excluding hydrogens is 424 g/mol. The van der Waals surface area contributed by atoms with E-state index in [9.17, 15) is 30.5 Å². The lowest BCUT2D eigenvalue weighted by molar-refractivity contribution is -0.251. The van der Waals surface area contributed by atoms with Crippen LogP contribution in [0.4, 0.5) is 0 Å². The van der Waals surface area contributed by atoms with Crippen molar-refractivity contribution in [3.63, 3.8) is 0 Å². The minimum atomic E-state index is -1.68. The second kappa shape index (κ2) is 9.27. The van der Waals surface area contributed by atoms with Crippen LogP contribution in [0.15, 0.2) is 65.5 Å². The Morgan fingerprint density at radius 2 is 1.64 bits per heavy atom. The first-order chi connectivity index (χ1) is 15.9. The van der Waals surface area contributed by atoms with Crippen LogP contribution in [-0.2, 0) is 4.74 Å². The molecule has 0 saturated carbocycles. The van der Waals surface area contributed by atoms with Gasteiger partial charge < -0.3 is 25.2 Å². The van der Waals surface area contributed by atoms with Crippen molar-refractivity contribution in [1.29, 1.82) is 5.26 Å². The van der Waals surface area contributed by atoms with Crippen molar-refractivity contribution in [2.24, 2.45) is 0 Å². The molecule has 4 rings (SSSR count). The van der Waals surface area contributed by atoms with Gasteiger partial charge in [-0.1, -0.05) is 60.2 Å². The van der Waals surface area contributed by atoms with Gasteiger partial charge in [0.15, 0.2) is 6.23 Å². The van der Waals surface area contributed by atoms with Gasteiger partial charge in [0, 0.05) is 5.56 Å². The first kappa shape index (κ1) is 22.9. The summed E-state index contributed by atoms with van der Waals surface area (Å²) in [6.45, 7) is 1.28. The number of aromatic nitrogens is 1. The fourth-order valence-corrected chi connectivity index (χ4v) is 4.07. The van der Waals surface area contributed by atoms with E-state index in [2.05, 4.69) is 0 Å². The predicted octanol–water partition coefficient (Wildman–Crippen LogP) is 1.33. The van der Waals surface area contributed by atoms with Gasteiger partial charge >= 0.3 is 0 Å². The quantitative estimate of drug-likeness (QED) is 0.473. The minimum Gasteiger partial charge on any atom is -0.394 e. The molecule has 1 fully saturated rings. The standard InChI is InChI=1S/C25H24N2O6/c1-14-7-9-16(10-8-14)19-11-17(15-5-3-2-4-6-15)18(12-26)24(32)27(19)25-23(31)22(30)21(29)20(13-28)33-25/h2-11,20-23,25,28-31H,13H2,1H3. The van der Waals surface area contributed by atoms with E-state index in [0.717, 1.165) is 10.1 Å². The number of ether oxygens (including phenoxy) is 1. The molecule has 170 valence electrons. The third-order valence-corrected chi connectivity index (χ3v) is 5.91. The van der Waals surface area contributed by atoms with Gasteiger partial charge in [0.25, 0.3) is 5.56 Å². The van der Waals surface area contributed by atoms with Crippen LogP contribution >= 0.6 is 0 Å². The van der Waals surface area contributed by atoms with Crippen molar-refractivity contribution in [2.75, 3.05) is 6.61 Å². The number of nitrogens with zero attached hydrogens (tertiary/aromatic N) is 2. The maximum Gasteiger partial charge on any atom is 0.271 e. The Bertz CT molecular complexity index is 1230. The number of hydrogen-bond donors (Lipinski definition) is 4. The molecule has 1 aliphatic heterocycles. The maximum absolute atomic E-state index is 13.6. The highest BCUT2D eigenvalue weighted by Crippen LogP contribution is 2.34. The summed E-state index contributed by atoms with van der Waals surface area (Å²) < 4.78 is 6.78. The minimum absolute atomic E-state index is 0.158. The fourth-order valence-electron chi connectivity index (χ4n) is 4.07. The second-order valence-electron chi connectivity index (χ2n) is 8.06. The molecule has 1 aliphatic rings. The highest BCUT2D eigenvalue weighted by atomic mass is 16.6. The average molecular weight is 448 g/mol. The van der Waals surface area contributed by atoms with Crippen LogP contribution in [0.2, 0.25) is 0 Å². The van der Waals surface area contributed by atoms with Crippen molar-refractivity contribution in [3.8, 4) is 28.5 Å². The number of nitriles is 1. The Morgan fingerprint density at radius 1 is 0.970 bits per heavy atom. The number of rotatable bonds is 4. The summed E-state index contributed by atoms with van der Waals surface area (Å²) in [5, 5.41) is 50.6. The summed E-state index contributed by atoms with van der Waals surface area (Å²) in [6, 6.07) is 19.9. The van der Waals surface area contributed by atoms with E-state index < -0.39 is 42.8 Å². The van der Waals surface area contributed by atoms with Gasteiger partial charge in [-0.05, 0) is 24.1 Å². The smallest absolute Gasteiger partial charge is 0.271 e. The van der Waals surface area contributed by atoms with Crippen LogP contribution in [-0.4, -0.2) is 56.0 Å². The third kappa shape index (κ3) is 4.09. The van der Waals surface area contributed by atoms with Gasteiger partial charge in [0.1, 0.15) is 36.0 Å². The van der Waals surface area contributed by atoms with Gasteiger partial charge in [0.05, 0.1) is 12.3 Å². The van der Waals surface area contributed by atoms with Gasteiger partial charge in [-0.25, -0.2) is 0 Å². The number of hydrogen-bond acceptors (Lipinski definition) is 7.